The van der Waals surface area contributed by atoms with Gasteiger partial charge in [0.25, 0.3) is 0 Å². The number of carbonyl (C=O) groups excluding carboxylic acids is 2. The van der Waals surface area contributed by atoms with Gasteiger partial charge in [-0.05, 0) is 30.7 Å². The van der Waals surface area contributed by atoms with Crippen molar-refractivity contribution < 1.29 is 9.59 Å². The Bertz CT molecular complexity index is 364. The Morgan fingerprint density at radius 1 is 1.24 bits per heavy atom. The van der Waals surface area contributed by atoms with E-state index in [2.05, 4.69) is 16.0 Å². The summed E-state index contributed by atoms with van der Waals surface area (Å²) in [4.78, 5) is 21.3. The first kappa shape index (κ1) is 12.8. The minimum atomic E-state index is -0.277. The Morgan fingerprint density at radius 2 is 1.94 bits per heavy atom. The summed E-state index contributed by atoms with van der Waals surface area (Å²) < 4.78 is 0. The second-order valence-electron chi connectivity index (χ2n) is 3.43. The van der Waals surface area contributed by atoms with Crippen LogP contribution in [0.4, 0.5) is 16.2 Å². The third-order valence-corrected chi connectivity index (χ3v) is 2.04. The van der Waals surface area contributed by atoms with Crippen molar-refractivity contribution in [3.05, 3.63) is 24.3 Å². The molecule has 5 N–H and O–H groups in total. The monoisotopic (exact) mass is 236 g/mol. The summed E-state index contributed by atoms with van der Waals surface area (Å²) in [5, 5.41) is 7.84. The predicted octanol–water partition coefficient (Wildman–Crippen LogP) is 0.526. The summed E-state index contributed by atoms with van der Waals surface area (Å²) in [6, 6.07) is 6.60. The molecule has 1 rings (SSSR count). The van der Waals surface area contributed by atoms with Crippen LogP contribution in [-0.4, -0.2) is 25.5 Å². The topological polar surface area (TPSA) is 96.2 Å². The van der Waals surface area contributed by atoms with E-state index in [4.69, 9.17) is 5.73 Å². The van der Waals surface area contributed by atoms with Crippen LogP contribution in [-0.2, 0) is 4.79 Å². The summed E-state index contributed by atoms with van der Waals surface area (Å²) >= 11 is 0. The van der Waals surface area contributed by atoms with Crippen molar-refractivity contribution in [3.8, 4) is 0 Å². The van der Waals surface area contributed by atoms with Crippen molar-refractivity contribution in [1.82, 2.24) is 10.6 Å². The SMILES string of the molecule is Nc1ccc(NC(=O)NCCCNC=O)cc1. The molecule has 0 unspecified atom stereocenters. The Kier molecular flexibility index (Phi) is 5.36. The summed E-state index contributed by atoms with van der Waals surface area (Å²) in [7, 11) is 0. The smallest absolute Gasteiger partial charge is 0.319 e. The standard InChI is InChI=1S/C11H16N4O2/c12-9-2-4-10(5-3-9)15-11(17)14-7-1-6-13-8-16/h2-5,8H,1,6-7,12H2,(H,13,16)(H2,14,15,17). The highest BCUT2D eigenvalue weighted by Gasteiger charge is 1.99. The van der Waals surface area contributed by atoms with Gasteiger partial charge in [-0.15, -0.1) is 0 Å². The molecule has 0 aliphatic heterocycles. The van der Waals surface area contributed by atoms with Gasteiger partial charge in [0.15, 0.2) is 0 Å². The molecule has 0 fully saturated rings. The van der Waals surface area contributed by atoms with Crippen LogP contribution in [0.2, 0.25) is 0 Å². The third kappa shape index (κ3) is 5.41. The van der Waals surface area contributed by atoms with Gasteiger partial charge in [0.05, 0.1) is 0 Å². The highest BCUT2D eigenvalue weighted by Crippen LogP contribution is 2.09. The molecule has 0 spiro atoms. The van der Waals surface area contributed by atoms with Crippen molar-refractivity contribution in [1.29, 1.82) is 0 Å². The van der Waals surface area contributed by atoms with Crippen LogP contribution in [0.3, 0.4) is 0 Å². The molecule has 92 valence electrons. The lowest BCUT2D eigenvalue weighted by molar-refractivity contribution is -0.109. The van der Waals surface area contributed by atoms with Gasteiger partial charge in [-0.3, -0.25) is 4.79 Å². The maximum Gasteiger partial charge on any atom is 0.319 e. The maximum absolute atomic E-state index is 11.4. The molecule has 0 saturated carbocycles. The van der Waals surface area contributed by atoms with Crippen molar-refractivity contribution in [3.63, 3.8) is 0 Å². The molecule has 17 heavy (non-hydrogen) atoms. The van der Waals surface area contributed by atoms with Gasteiger partial charge in [-0.2, -0.15) is 0 Å². The molecule has 6 heteroatoms. The highest BCUT2D eigenvalue weighted by atomic mass is 16.2. The fourth-order valence-electron chi connectivity index (χ4n) is 1.19. The average Bonchev–Trinajstić information content (AvgIpc) is 2.32. The zero-order chi connectivity index (χ0) is 12.5. The molecule has 0 aliphatic rings. The van der Waals surface area contributed by atoms with Crippen molar-refractivity contribution in [2.24, 2.45) is 0 Å². The molecule has 0 heterocycles. The van der Waals surface area contributed by atoms with Crippen LogP contribution >= 0.6 is 0 Å². The first-order valence-corrected chi connectivity index (χ1v) is 5.30. The molecule has 0 aromatic heterocycles. The van der Waals surface area contributed by atoms with Crippen molar-refractivity contribution in [2.75, 3.05) is 24.1 Å². The Morgan fingerprint density at radius 3 is 2.59 bits per heavy atom. The number of rotatable bonds is 6. The number of carbonyl (C=O) groups is 2. The molecular formula is C11H16N4O2. The van der Waals surface area contributed by atoms with Crippen molar-refractivity contribution >= 4 is 23.8 Å². The van der Waals surface area contributed by atoms with E-state index in [1.165, 1.54) is 0 Å². The lowest BCUT2D eigenvalue weighted by Gasteiger charge is -2.07. The number of anilines is 2. The molecule has 1 aromatic rings. The Hall–Kier alpha value is -2.24. The minimum Gasteiger partial charge on any atom is -0.399 e. The van der Waals surface area contributed by atoms with Crippen LogP contribution in [0.15, 0.2) is 24.3 Å². The maximum atomic E-state index is 11.4. The molecule has 0 atom stereocenters. The summed E-state index contributed by atoms with van der Waals surface area (Å²) in [5.74, 6) is 0. The molecular weight excluding hydrogens is 220 g/mol. The fraction of sp³-hybridized carbons (Fsp3) is 0.273. The molecule has 0 bridgehead atoms. The first-order chi connectivity index (χ1) is 8.22. The summed E-state index contributed by atoms with van der Waals surface area (Å²) in [6.45, 7) is 1.05. The number of nitrogens with two attached hydrogens (primary N) is 1. The average molecular weight is 236 g/mol. The first-order valence-electron chi connectivity index (χ1n) is 5.30. The molecule has 0 aliphatic carbocycles. The normalized spacial score (nSPS) is 9.41. The zero-order valence-electron chi connectivity index (χ0n) is 9.40. The molecule has 3 amide bonds. The van der Waals surface area contributed by atoms with Crippen LogP contribution < -0.4 is 21.7 Å². The van der Waals surface area contributed by atoms with E-state index in [1.54, 1.807) is 24.3 Å². The minimum absolute atomic E-state index is 0.277. The number of amides is 3. The van der Waals surface area contributed by atoms with Crippen LogP contribution in [0.25, 0.3) is 0 Å². The van der Waals surface area contributed by atoms with E-state index < -0.39 is 0 Å². The number of hydrogen-bond acceptors (Lipinski definition) is 3. The number of hydrogen-bond donors (Lipinski definition) is 4. The largest absolute Gasteiger partial charge is 0.399 e. The van der Waals surface area contributed by atoms with Gasteiger partial charge in [0.2, 0.25) is 6.41 Å². The third-order valence-electron chi connectivity index (χ3n) is 2.04. The van der Waals surface area contributed by atoms with E-state index in [0.29, 0.717) is 37.3 Å². The van der Waals surface area contributed by atoms with Gasteiger partial charge in [0.1, 0.15) is 0 Å². The quantitative estimate of drug-likeness (QED) is 0.329. The number of nitrogens with one attached hydrogen (secondary N) is 3. The number of nitrogen functional groups attached to an aromatic ring is 1. The van der Waals surface area contributed by atoms with Gasteiger partial charge in [-0.25, -0.2) is 4.79 Å². The van der Waals surface area contributed by atoms with Crippen LogP contribution in [0.1, 0.15) is 6.42 Å². The highest BCUT2D eigenvalue weighted by molar-refractivity contribution is 5.89. The molecule has 6 nitrogen and oxygen atoms in total. The van der Waals surface area contributed by atoms with Gasteiger partial charge >= 0.3 is 6.03 Å². The second-order valence-corrected chi connectivity index (χ2v) is 3.43. The van der Waals surface area contributed by atoms with E-state index in [9.17, 15) is 9.59 Å². The Labute approximate surface area is 99.6 Å². The van der Waals surface area contributed by atoms with Crippen LogP contribution in [0.5, 0.6) is 0 Å². The molecule has 0 radical (unpaired) electrons. The zero-order valence-corrected chi connectivity index (χ0v) is 9.40. The second kappa shape index (κ2) is 7.10. The summed E-state index contributed by atoms with van der Waals surface area (Å²) in [6.07, 6.45) is 1.32. The van der Waals surface area contributed by atoms with E-state index in [0.717, 1.165) is 0 Å². The Balaban J connectivity index is 2.20. The van der Waals surface area contributed by atoms with Gasteiger partial charge in [-0.1, -0.05) is 0 Å². The molecule has 1 aromatic carbocycles. The van der Waals surface area contributed by atoms with Crippen molar-refractivity contribution in [2.45, 2.75) is 6.42 Å². The number of urea groups is 1. The van der Waals surface area contributed by atoms with Crippen LogP contribution in [0, 0.1) is 0 Å². The van der Waals surface area contributed by atoms with Gasteiger partial charge in [0, 0.05) is 24.5 Å². The number of benzene rings is 1. The lowest BCUT2D eigenvalue weighted by atomic mass is 10.3. The van der Waals surface area contributed by atoms with E-state index >= 15 is 0 Å². The summed E-state index contributed by atoms with van der Waals surface area (Å²) in [5.41, 5.74) is 6.85. The van der Waals surface area contributed by atoms with E-state index in [-0.39, 0.29) is 6.03 Å². The predicted molar refractivity (Wildman–Crippen MR) is 66.6 cm³/mol. The fourth-order valence-corrected chi connectivity index (χ4v) is 1.19. The van der Waals surface area contributed by atoms with Gasteiger partial charge < -0.3 is 21.7 Å². The van der Waals surface area contributed by atoms with E-state index in [1.807, 2.05) is 0 Å². The molecule has 0 saturated heterocycles. The lowest BCUT2D eigenvalue weighted by Crippen LogP contribution is -2.31.